The lowest BCUT2D eigenvalue weighted by Gasteiger charge is -2.30. The fourth-order valence-electron chi connectivity index (χ4n) is 4.07. The summed E-state index contributed by atoms with van der Waals surface area (Å²) in [5, 5.41) is 14.2. The van der Waals surface area contributed by atoms with Crippen LogP contribution in [0.2, 0.25) is 5.02 Å². The molecule has 0 radical (unpaired) electrons. The van der Waals surface area contributed by atoms with Gasteiger partial charge in [0, 0.05) is 33.9 Å². The van der Waals surface area contributed by atoms with E-state index in [0.717, 1.165) is 11.8 Å². The molecule has 1 aromatic carbocycles. The first-order valence-corrected chi connectivity index (χ1v) is 11.3. The topological polar surface area (TPSA) is 82.7 Å². The fraction of sp³-hybridized carbons (Fsp3) is 0.435. The van der Waals surface area contributed by atoms with Gasteiger partial charge in [-0.15, -0.1) is 0 Å². The molecule has 6 nitrogen and oxygen atoms in total. The molecule has 3 aromatic rings. The molecule has 3 N–H and O–H groups in total. The number of hydrogen-bond donors (Lipinski definition) is 3. The molecule has 1 saturated carbocycles. The SMILES string of the molecule is CC(C)c1cc(C(=O)NC2CCC(Nc3cc(C(F)(F)F)nc4ccc(Cl)cc34)CC2)n[nH]1. The maximum absolute atomic E-state index is 13.3. The zero-order valence-electron chi connectivity index (χ0n) is 18.3. The van der Waals surface area contributed by atoms with Gasteiger partial charge in [0.2, 0.25) is 0 Å². The molecule has 10 heteroatoms. The van der Waals surface area contributed by atoms with Gasteiger partial charge in [-0.25, -0.2) is 4.98 Å². The van der Waals surface area contributed by atoms with Crippen LogP contribution in [0.5, 0.6) is 0 Å². The van der Waals surface area contributed by atoms with Crippen LogP contribution in [0.4, 0.5) is 18.9 Å². The smallest absolute Gasteiger partial charge is 0.382 e. The van der Waals surface area contributed by atoms with Crippen molar-refractivity contribution < 1.29 is 18.0 Å². The third kappa shape index (κ3) is 5.40. The van der Waals surface area contributed by atoms with Crippen LogP contribution < -0.4 is 10.6 Å². The summed E-state index contributed by atoms with van der Waals surface area (Å²) in [6.07, 6.45) is -1.72. The van der Waals surface area contributed by atoms with Gasteiger partial charge in [-0.3, -0.25) is 9.89 Å². The normalized spacial score (nSPS) is 19.1. The van der Waals surface area contributed by atoms with Crippen LogP contribution in [0.3, 0.4) is 0 Å². The van der Waals surface area contributed by atoms with Crippen molar-refractivity contribution in [2.24, 2.45) is 0 Å². The molecule has 2 heterocycles. The molecule has 1 aliphatic rings. The number of nitrogens with zero attached hydrogens (tertiary/aromatic N) is 2. The molecule has 176 valence electrons. The van der Waals surface area contributed by atoms with E-state index in [-0.39, 0.29) is 29.4 Å². The zero-order valence-corrected chi connectivity index (χ0v) is 19.0. The number of pyridine rings is 1. The number of halogens is 4. The highest BCUT2D eigenvalue weighted by Gasteiger charge is 2.34. The molecule has 4 rings (SSSR count). The van der Waals surface area contributed by atoms with Gasteiger partial charge >= 0.3 is 6.18 Å². The second-order valence-electron chi connectivity index (χ2n) is 8.74. The Kier molecular flexibility index (Phi) is 6.52. The van der Waals surface area contributed by atoms with Crippen LogP contribution in [0.25, 0.3) is 10.9 Å². The third-order valence-corrected chi connectivity index (χ3v) is 6.17. The Labute approximate surface area is 194 Å². The van der Waals surface area contributed by atoms with Gasteiger partial charge in [0.1, 0.15) is 11.4 Å². The molecule has 1 fully saturated rings. The van der Waals surface area contributed by atoms with Crippen molar-refractivity contribution in [3.8, 4) is 0 Å². The lowest BCUT2D eigenvalue weighted by molar-refractivity contribution is -0.140. The van der Waals surface area contributed by atoms with Crippen molar-refractivity contribution in [1.29, 1.82) is 0 Å². The number of amides is 1. The van der Waals surface area contributed by atoms with Crippen molar-refractivity contribution in [3.05, 3.63) is 52.4 Å². The Morgan fingerprint density at radius 1 is 1.12 bits per heavy atom. The summed E-state index contributed by atoms with van der Waals surface area (Å²) < 4.78 is 40.0. The Morgan fingerprint density at radius 2 is 1.82 bits per heavy atom. The van der Waals surface area contributed by atoms with Gasteiger partial charge in [0.25, 0.3) is 5.91 Å². The van der Waals surface area contributed by atoms with Crippen LogP contribution in [-0.4, -0.2) is 33.2 Å². The van der Waals surface area contributed by atoms with Crippen molar-refractivity contribution in [3.63, 3.8) is 0 Å². The van der Waals surface area contributed by atoms with E-state index in [0.29, 0.717) is 47.5 Å². The summed E-state index contributed by atoms with van der Waals surface area (Å²) in [4.78, 5) is 16.2. The molecule has 1 aliphatic carbocycles. The summed E-state index contributed by atoms with van der Waals surface area (Å²) in [6.45, 7) is 4.03. The average Bonchev–Trinajstić information content (AvgIpc) is 3.25. The van der Waals surface area contributed by atoms with Crippen LogP contribution >= 0.6 is 11.6 Å². The Balaban J connectivity index is 1.42. The van der Waals surface area contributed by atoms with Gasteiger partial charge in [-0.05, 0) is 61.9 Å². The molecule has 33 heavy (non-hydrogen) atoms. The van der Waals surface area contributed by atoms with Gasteiger partial charge in [0.05, 0.1) is 5.52 Å². The molecular weight excluding hydrogens is 455 g/mol. The highest BCUT2D eigenvalue weighted by molar-refractivity contribution is 6.31. The van der Waals surface area contributed by atoms with E-state index in [9.17, 15) is 18.0 Å². The number of benzene rings is 1. The highest BCUT2D eigenvalue weighted by Crippen LogP contribution is 2.35. The number of carbonyl (C=O) groups is 1. The van der Waals surface area contributed by atoms with Crippen LogP contribution in [-0.2, 0) is 6.18 Å². The molecule has 0 aliphatic heterocycles. The Morgan fingerprint density at radius 3 is 2.45 bits per heavy atom. The largest absolute Gasteiger partial charge is 0.433 e. The van der Waals surface area contributed by atoms with Crippen LogP contribution in [0.15, 0.2) is 30.3 Å². The standard InChI is InChI=1S/C23H25ClF3N5O/c1-12(2)18-10-20(32-31-18)22(33)29-15-6-4-14(5-7-15)28-19-11-21(23(25,26)27)30-17-8-3-13(24)9-16(17)19/h3,8-12,14-15H,4-7H2,1-2H3,(H,28,30)(H,29,33)(H,31,32). The quantitative estimate of drug-likeness (QED) is 0.425. The van der Waals surface area contributed by atoms with E-state index in [1.54, 1.807) is 12.1 Å². The van der Waals surface area contributed by atoms with E-state index in [1.807, 2.05) is 13.8 Å². The van der Waals surface area contributed by atoms with Gasteiger partial charge in [0.15, 0.2) is 0 Å². The van der Waals surface area contributed by atoms with Gasteiger partial charge in [-0.2, -0.15) is 18.3 Å². The molecule has 0 saturated heterocycles. The number of aromatic amines is 1. The van der Waals surface area contributed by atoms with Crippen molar-refractivity contribution >= 4 is 34.1 Å². The lowest BCUT2D eigenvalue weighted by atomic mass is 9.90. The number of fused-ring (bicyclic) bond motifs is 1. The molecule has 0 atom stereocenters. The average molecular weight is 480 g/mol. The second kappa shape index (κ2) is 9.21. The van der Waals surface area contributed by atoms with Crippen molar-refractivity contribution in [1.82, 2.24) is 20.5 Å². The van der Waals surface area contributed by atoms with Crippen molar-refractivity contribution in [2.75, 3.05) is 5.32 Å². The first-order valence-electron chi connectivity index (χ1n) is 10.9. The maximum atomic E-state index is 13.3. The third-order valence-electron chi connectivity index (χ3n) is 5.94. The molecule has 0 bridgehead atoms. The predicted molar refractivity (Wildman–Crippen MR) is 122 cm³/mol. The Hall–Kier alpha value is -2.81. The zero-order chi connectivity index (χ0) is 23.8. The first kappa shape index (κ1) is 23.4. The summed E-state index contributed by atoms with van der Waals surface area (Å²) in [6, 6.07) is 7.39. The fourth-order valence-corrected chi connectivity index (χ4v) is 4.24. The van der Waals surface area contributed by atoms with E-state index in [1.165, 1.54) is 12.1 Å². The summed E-state index contributed by atoms with van der Waals surface area (Å²) in [7, 11) is 0. The second-order valence-corrected chi connectivity index (χ2v) is 9.18. The van der Waals surface area contributed by atoms with E-state index in [2.05, 4.69) is 25.8 Å². The number of carbonyl (C=O) groups excluding carboxylic acids is 1. The number of alkyl halides is 3. The maximum Gasteiger partial charge on any atom is 0.433 e. The van der Waals surface area contributed by atoms with Crippen LogP contribution in [0.1, 0.15) is 67.3 Å². The van der Waals surface area contributed by atoms with E-state index >= 15 is 0 Å². The van der Waals surface area contributed by atoms with Gasteiger partial charge < -0.3 is 10.6 Å². The number of anilines is 1. The number of rotatable bonds is 5. The summed E-state index contributed by atoms with van der Waals surface area (Å²) in [5.41, 5.74) is 0.910. The van der Waals surface area contributed by atoms with E-state index < -0.39 is 11.9 Å². The molecule has 2 aromatic heterocycles. The Bertz CT molecular complexity index is 1150. The van der Waals surface area contributed by atoms with Gasteiger partial charge in [-0.1, -0.05) is 25.4 Å². The molecule has 0 unspecified atom stereocenters. The molecular formula is C23H25ClF3N5O. The number of nitrogens with one attached hydrogen (secondary N) is 3. The lowest BCUT2D eigenvalue weighted by Crippen LogP contribution is -2.40. The number of H-pyrrole nitrogens is 1. The van der Waals surface area contributed by atoms with E-state index in [4.69, 9.17) is 11.6 Å². The minimum Gasteiger partial charge on any atom is -0.382 e. The minimum atomic E-state index is -4.55. The number of hydrogen-bond acceptors (Lipinski definition) is 4. The molecule has 1 amide bonds. The number of aromatic nitrogens is 3. The monoisotopic (exact) mass is 479 g/mol. The minimum absolute atomic E-state index is 0.0101. The highest BCUT2D eigenvalue weighted by atomic mass is 35.5. The summed E-state index contributed by atoms with van der Waals surface area (Å²) in [5.74, 6) is 0.0247. The summed E-state index contributed by atoms with van der Waals surface area (Å²) >= 11 is 6.07. The molecule has 0 spiro atoms. The first-order chi connectivity index (χ1) is 15.6. The van der Waals surface area contributed by atoms with Crippen molar-refractivity contribution in [2.45, 2.75) is 63.7 Å². The van der Waals surface area contributed by atoms with Crippen LogP contribution in [0, 0.1) is 0 Å². The predicted octanol–water partition coefficient (Wildman–Crippen LogP) is 5.91.